The molecule has 0 spiro atoms. The first kappa shape index (κ1) is 17.4. The van der Waals surface area contributed by atoms with Crippen LogP contribution in [0.1, 0.15) is 17.4 Å². The fourth-order valence-electron chi connectivity index (χ4n) is 3.10. The van der Waals surface area contributed by atoms with Crippen LogP contribution in [0.15, 0.2) is 30.5 Å². The number of aromatic nitrogens is 1. The van der Waals surface area contributed by atoms with Crippen molar-refractivity contribution in [2.45, 2.75) is 6.92 Å². The van der Waals surface area contributed by atoms with E-state index in [0.29, 0.717) is 36.9 Å². The molecule has 7 heteroatoms. The van der Waals surface area contributed by atoms with Gasteiger partial charge in [-0.2, -0.15) is 0 Å². The molecular formula is C18H20ClN3O3. The largest absolute Gasteiger partial charge is 0.464 e. The van der Waals surface area contributed by atoms with Crippen molar-refractivity contribution in [2.75, 3.05) is 38.2 Å². The van der Waals surface area contributed by atoms with E-state index < -0.39 is 5.97 Å². The summed E-state index contributed by atoms with van der Waals surface area (Å²) in [4.78, 5) is 30.7. The molecule has 25 heavy (non-hydrogen) atoms. The van der Waals surface area contributed by atoms with Gasteiger partial charge in [0.05, 0.1) is 12.8 Å². The van der Waals surface area contributed by atoms with Crippen LogP contribution >= 0.6 is 11.6 Å². The first-order valence-electron chi connectivity index (χ1n) is 8.07. The Labute approximate surface area is 151 Å². The van der Waals surface area contributed by atoms with Gasteiger partial charge in [0.1, 0.15) is 5.69 Å². The molecule has 1 N–H and O–H groups in total. The zero-order chi connectivity index (χ0) is 18.0. The number of ether oxygens (including phenoxy) is 1. The van der Waals surface area contributed by atoms with Crippen molar-refractivity contribution in [1.82, 2.24) is 9.88 Å². The minimum Gasteiger partial charge on any atom is -0.464 e. The number of hydrogen-bond donors (Lipinski definition) is 1. The summed E-state index contributed by atoms with van der Waals surface area (Å²) < 4.78 is 4.91. The topological polar surface area (TPSA) is 65.6 Å². The number of carbonyl (C=O) groups excluding carboxylic acids is 2. The number of benzene rings is 1. The number of aromatic amines is 1. The molecule has 2 heterocycles. The van der Waals surface area contributed by atoms with Gasteiger partial charge in [-0.05, 0) is 17.7 Å². The third kappa shape index (κ3) is 3.49. The van der Waals surface area contributed by atoms with Crippen LogP contribution < -0.4 is 4.90 Å². The van der Waals surface area contributed by atoms with Crippen LogP contribution in [0, 0.1) is 0 Å². The Balaban J connectivity index is 1.98. The van der Waals surface area contributed by atoms with E-state index in [-0.39, 0.29) is 5.91 Å². The fraction of sp³-hybridized carbons (Fsp3) is 0.333. The molecule has 0 aliphatic carbocycles. The molecule has 0 atom stereocenters. The van der Waals surface area contributed by atoms with Gasteiger partial charge in [-0.15, -0.1) is 0 Å². The van der Waals surface area contributed by atoms with Gasteiger partial charge in [0, 0.05) is 49.9 Å². The third-order valence-electron chi connectivity index (χ3n) is 4.44. The average molecular weight is 362 g/mol. The average Bonchev–Trinajstić information content (AvgIpc) is 3.06. The van der Waals surface area contributed by atoms with Crippen LogP contribution in [0.25, 0.3) is 11.1 Å². The number of amides is 1. The highest BCUT2D eigenvalue weighted by atomic mass is 35.5. The minimum absolute atomic E-state index is 0.0693. The molecule has 1 saturated heterocycles. The van der Waals surface area contributed by atoms with Gasteiger partial charge in [0.2, 0.25) is 5.91 Å². The van der Waals surface area contributed by atoms with E-state index in [2.05, 4.69) is 9.88 Å². The van der Waals surface area contributed by atoms with E-state index in [0.717, 1.165) is 16.8 Å². The van der Waals surface area contributed by atoms with Crippen LogP contribution in [0.3, 0.4) is 0 Å². The lowest BCUT2D eigenvalue weighted by atomic mass is 10.1. The highest BCUT2D eigenvalue weighted by Crippen LogP contribution is 2.35. The van der Waals surface area contributed by atoms with E-state index in [1.54, 1.807) is 6.92 Å². The summed E-state index contributed by atoms with van der Waals surface area (Å²) in [5, 5.41) is 0.657. The van der Waals surface area contributed by atoms with Crippen LogP contribution in [0.2, 0.25) is 5.02 Å². The number of nitrogens with one attached hydrogen (secondary N) is 1. The van der Waals surface area contributed by atoms with Crippen molar-refractivity contribution in [3.63, 3.8) is 0 Å². The lowest BCUT2D eigenvalue weighted by Crippen LogP contribution is -2.48. The molecule has 0 saturated carbocycles. The van der Waals surface area contributed by atoms with Crippen molar-refractivity contribution in [3.05, 3.63) is 41.2 Å². The van der Waals surface area contributed by atoms with Crippen molar-refractivity contribution in [2.24, 2.45) is 0 Å². The first-order valence-corrected chi connectivity index (χ1v) is 8.45. The van der Waals surface area contributed by atoms with Crippen molar-refractivity contribution >= 4 is 29.2 Å². The molecule has 1 aromatic carbocycles. The number of anilines is 1. The van der Waals surface area contributed by atoms with Crippen LogP contribution in [-0.2, 0) is 9.53 Å². The summed E-state index contributed by atoms with van der Waals surface area (Å²) >= 11 is 5.98. The number of esters is 1. The Morgan fingerprint density at radius 3 is 2.32 bits per heavy atom. The normalized spacial score (nSPS) is 14.5. The maximum absolute atomic E-state index is 12.2. The molecular weight excluding hydrogens is 342 g/mol. The van der Waals surface area contributed by atoms with Gasteiger partial charge >= 0.3 is 5.97 Å². The standard InChI is InChI=1S/C18H20ClN3O3/c1-12(23)21-7-9-22(10-8-21)17-15(11-20-16(17)18(24)25-2)13-3-5-14(19)6-4-13/h3-6,11,20H,7-10H2,1-2H3. The van der Waals surface area contributed by atoms with Gasteiger partial charge in [0.15, 0.2) is 0 Å². The quantitative estimate of drug-likeness (QED) is 0.854. The minimum atomic E-state index is -0.413. The van der Waals surface area contributed by atoms with E-state index >= 15 is 0 Å². The zero-order valence-electron chi connectivity index (χ0n) is 14.2. The number of rotatable bonds is 3. The second-order valence-corrected chi connectivity index (χ2v) is 6.35. The highest BCUT2D eigenvalue weighted by molar-refractivity contribution is 6.30. The van der Waals surface area contributed by atoms with Gasteiger partial charge in [-0.1, -0.05) is 23.7 Å². The summed E-state index contributed by atoms with van der Waals surface area (Å²) in [6.07, 6.45) is 1.81. The molecule has 1 aliphatic heterocycles. The predicted molar refractivity (Wildman–Crippen MR) is 97.0 cm³/mol. The number of H-pyrrole nitrogens is 1. The van der Waals surface area contributed by atoms with Crippen molar-refractivity contribution < 1.29 is 14.3 Å². The number of methoxy groups -OCH3 is 1. The summed E-state index contributed by atoms with van der Waals surface area (Å²) in [5.41, 5.74) is 3.09. The molecule has 1 fully saturated rings. The Bertz CT molecular complexity index is 777. The van der Waals surface area contributed by atoms with E-state index in [4.69, 9.17) is 16.3 Å². The van der Waals surface area contributed by atoms with E-state index in [1.165, 1.54) is 7.11 Å². The zero-order valence-corrected chi connectivity index (χ0v) is 15.0. The number of nitrogens with zero attached hydrogens (tertiary/aromatic N) is 2. The molecule has 1 aromatic heterocycles. The summed E-state index contributed by atoms with van der Waals surface area (Å²) in [7, 11) is 1.36. The van der Waals surface area contributed by atoms with Gasteiger partial charge in [-0.3, -0.25) is 4.79 Å². The molecule has 1 aliphatic rings. The lowest BCUT2D eigenvalue weighted by molar-refractivity contribution is -0.129. The Kier molecular flexibility index (Phi) is 4.99. The second-order valence-electron chi connectivity index (χ2n) is 5.92. The number of halogens is 1. The molecule has 132 valence electrons. The third-order valence-corrected chi connectivity index (χ3v) is 4.69. The van der Waals surface area contributed by atoms with Crippen molar-refractivity contribution in [3.8, 4) is 11.1 Å². The molecule has 1 amide bonds. The molecule has 2 aromatic rings. The summed E-state index contributed by atoms with van der Waals surface area (Å²) in [6, 6.07) is 7.47. The maximum Gasteiger partial charge on any atom is 0.356 e. The summed E-state index contributed by atoms with van der Waals surface area (Å²) in [6.45, 7) is 4.14. The van der Waals surface area contributed by atoms with E-state index in [9.17, 15) is 9.59 Å². The summed E-state index contributed by atoms with van der Waals surface area (Å²) in [5.74, 6) is -0.343. The van der Waals surface area contributed by atoms with Crippen LogP contribution in [0.4, 0.5) is 5.69 Å². The van der Waals surface area contributed by atoms with E-state index in [1.807, 2.05) is 35.4 Å². The van der Waals surface area contributed by atoms with Crippen molar-refractivity contribution in [1.29, 1.82) is 0 Å². The number of piperazine rings is 1. The number of hydrogen-bond acceptors (Lipinski definition) is 4. The highest BCUT2D eigenvalue weighted by Gasteiger charge is 2.27. The molecule has 6 nitrogen and oxygen atoms in total. The Morgan fingerprint density at radius 2 is 1.76 bits per heavy atom. The molecule has 3 rings (SSSR count). The molecule has 0 radical (unpaired) electrons. The SMILES string of the molecule is COC(=O)c1[nH]cc(-c2ccc(Cl)cc2)c1N1CCN(C(C)=O)CC1. The molecule has 0 unspecified atom stereocenters. The van der Waals surface area contributed by atoms with Gasteiger partial charge in [-0.25, -0.2) is 4.79 Å². The molecule has 0 bridgehead atoms. The van der Waals surface area contributed by atoms with Crippen LogP contribution in [-0.4, -0.2) is 55.0 Å². The second kappa shape index (κ2) is 7.19. The predicted octanol–water partition coefficient (Wildman–Crippen LogP) is 2.79. The van der Waals surface area contributed by atoms with Crippen LogP contribution in [0.5, 0.6) is 0 Å². The Hall–Kier alpha value is -2.47. The smallest absolute Gasteiger partial charge is 0.356 e. The van der Waals surface area contributed by atoms with Gasteiger partial charge < -0.3 is 19.5 Å². The Morgan fingerprint density at radius 1 is 1.12 bits per heavy atom. The first-order chi connectivity index (χ1) is 12.0. The fourth-order valence-corrected chi connectivity index (χ4v) is 3.22. The lowest BCUT2D eigenvalue weighted by Gasteiger charge is -2.36. The number of carbonyl (C=O) groups is 2. The monoisotopic (exact) mass is 361 g/mol. The van der Waals surface area contributed by atoms with Gasteiger partial charge in [0.25, 0.3) is 0 Å². The maximum atomic E-state index is 12.2.